The third kappa shape index (κ3) is 2.60. The number of carbonyl (C=O) groups is 1. The van der Waals surface area contributed by atoms with Crippen LogP contribution < -0.4 is 5.32 Å². The second kappa shape index (κ2) is 4.62. The lowest BCUT2D eigenvalue weighted by Gasteiger charge is -2.08. The average Bonchev–Trinajstić information content (AvgIpc) is 2.56. The molecule has 0 bridgehead atoms. The standard InChI is InChI=1S/C8H10BrNOS/c1-6(4-9)10-8(11)7-2-3-12-5-7/h2-3,5-6H,4H2,1H3,(H,10,11). The minimum atomic E-state index is 0.00296. The van der Waals surface area contributed by atoms with E-state index < -0.39 is 0 Å². The molecule has 4 heteroatoms. The predicted octanol–water partition coefficient (Wildman–Crippen LogP) is 2.26. The summed E-state index contributed by atoms with van der Waals surface area (Å²) < 4.78 is 0. The monoisotopic (exact) mass is 247 g/mol. The van der Waals surface area contributed by atoms with Crippen molar-refractivity contribution in [3.05, 3.63) is 22.4 Å². The van der Waals surface area contributed by atoms with Crippen LogP contribution in [0.5, 0.6) is 0 Å². The van der Waals surface area contributed by atoms with Crippen molar-refractivity contribution in [1.82, 2.24) is 5.32 Å². The minimum absolute atomic E-state index is 0.00296. The maximum Gasteiger partial charge on any atom is 0.252 e. The molecule has 0 aromatic carbocycles. The van der Waals surface area contributed by atoms with E-state index in [1.54, 1.807) is 0 Å². The highest BCUT2D eigenvalue weighted by Gasteiger charge is 2.07. The number of amides is 1. The molecule has 0 fully saturated rings. The summed E-state index contributed by atoms with van der Waals surface area (Å²) in [6, 6.07) is 2.00. The Morgan fingerprint density at radius 1 is 1.83 bits per heavy atom. The number of alkyl halides is 1. The molecule has 0 aliphatic rings. The van der Waals surface area contributed by atoms with Crippen LogP contribution in [-0.4, -0.2) is 17.3 Å². The zero-order valence-electron chi connectivity index (χ0n) is 6.71. The van der Waals surface area contributed by atoms with Crippen molar-refractivity contribution < 1.29 is 4.79 Å². The van der Waals surface area contributed by atoms with E-state index in [0.717, 1.165) is 10.9 Å². The van der Waals surface area contributed by atoms with E-state index in [1.165, 1.54) is 11.3 Å². The van der Waals surface area contributed by atoms with Crippen LogP contribution in [0.25, 0.3) is 0 Å². The second-order valence-electron chi connectivity index (χ2n) is 2.54. The number of rotatable bonds is 3. The van der Waals surface area contributed by atoms with Crippen LogP contribution in [0.15, 0.2) is 16.8 Å². The van der Waals surface area contributed by atoms with Crippen molar-refractivity contribution >= 4 is 33.2 Å². The van der Waals surface area contributed by atoms with Gasteiger partial charge in [0.15, 0.2) is 0 Å². The molecule has 0 aliphatic carbocycles. The first-order valence-corrected chi connectivity index (χ1v) is 5.69. The molecule has 1 heterocycles. The molecule has 1 aromatic rings. The summed E-state index contributed by atoms with van der Waals surface area (Å²) in [6.45, 7) is 1.96. The molecule has 1 aromatic heterocycles. The summed E-state index contributed by atoms with van der Waals surface area (Å²) in [4.78, 5) is 11.3. The summed E-state index contributed by atoms with van der Waals surface area (Å²) in [5.41, 5.74) is 0.743. The fourth-order valence-corrected chi connectivity index (χ4v) is 1.54. The fraction of sp³-hybridized carbons (Fsp3) is 0.375. The molecule has 2 nitrogen and oxygen atoms in total. The molecule has 1 atom stereocenters. The molecular formula is C8H10BrNOS. The SMILES string of the molecule is CC(CBr)NC(=O)c1ccsc1. The smallest absolute Gasteiger partial charge is 0.252 e. The number of halogens is 1. The van der Waals surface area contributed by atoms with E-state index in [9.17, 15) is 4.79 Å². The molecule has 66 valence electrons. The van der Waals surface area contributed by atoms with Crippen LogP contribution in [0.1, 0.15) is 17.3 Å². The van der Waals surface area contributed by atoms with Crippen molar-refractivity contribution in [2.45, 2.75) is 13.0 Å². The molecule has 0 saturated heterocycles. The maximum atomic E-state index is 11.3. The van der Waals surface area contributed by atoms with Gasteiger partial charge in [0, 0.05) is 22.3 Å². The van der Waals surface area contributed by atoms with Gasteiger partial charge < -0.3 is 5.32 Å². The van der Waals surface area contributed by atoms with E-state index in [0.29, 0.717) is 0 Å². The lowest BCUT2D eigenvalue weighted by atomic mass is 10.3. The highest BCUT2D eigenvalue weighted by Crippen LogP contribution is 2.05. The molecule has 0 spiro atoms. The van der Waals surface area contributed by atoms with E-state index >= 15 is 0 Å². The van der Waals surface area contributed by atoms with Gasteiger partial charge in [-0.3, -0.25) is 4.79 Å². The van der Waals surface area contributed by atoms with Gasteiger partial charge in [0.05, 0.1) is 0 Å². The van der Waals surface area contributed by atoms with E-state index in [1.807, 2.05) is 23.8 Å². The van der Waals surface area contributed by atoms with Crippen molar-refractivity contribution in [2.75, 3.05) is 5.33 Å². The van der Waals surface area contributed by atoms with Crippen molar-refractivity contribution in [1.29, 1.82) is 0 Å². The van der Waals surface area contributed by atoms with Crippen molar-refractivity contribution in [2.24, 2.45) is 0 Å². The summed E-state index contributed by atoms with van der Waals surface area (Å²) in [7, 11) is 0. The van der Waals surface area contributed by atoms with E-state index in [4.69, 9.17) is 0 Å². The van der Waals surface area contributed by atoms with E-state index in [2.05, 4.69) is 21.2 Å². The highest BCUT2D eigenvalue weighted by atomic mass is 79.9. The molecular weight excluding hydrogens is 238 g/mol. The Kier molecular flexibility index (Phi) is 3.75. The first kappa shape index (κ1) is 9.74. The molecule has 1 amide bonds. The lowest BCUT2D eigenvalue weighted by molar-refractivity contribution is 0.0944. The molecule has 0 radical (unpaired) electrons. The third-order valence-electron chi connectivity index (χ3n) is 1.39. The van der Waals surface area contributed by atoms with Crippen molar-refractivity contribution in [3.63, 3.8) is 0 Å². The van der Waals surface area contributed by atoms with Gasteiger partial charge in [-0.1, -0.05) is 15.9 Å². The first-order valence-electron chi connectivity index (χ1n) is 3.63. The molecule has 0 saturated carbocycles. The van der Waals surface area contributed by atoms with Gasteiger partial charge in [0.25, 0.3) is 5.91 Å². The van der Waals surface area contributed by atoms with Gasteiger partial charge in [-0.05, 0) is 18.4 Å². The van der Waals surface area contributed by atoms with Gasteiger partial charge in [-0.2, -0.15) is 11.3 Å². The molecule has 1 rings (SSSR count). The Bertz CT molecular complexity index is 248. The number of carbonyl (C=O) groups excluding carboxylic acids is 1. The fourth-order valence-electron chi connectivity index (χ4n) is 0.739. The number of hydrogen-bond donors (Lipinski definition) is 1. The van der Waals surface area contributed by atoms with E-state index in [-0.39, 0.29) is 11.9 Å². The zero-order chi connectivity index (χ0) is 8.97. The molecule has 0 aliphatic heterocycles. The van der Waals surface area contributed by atoms with Gasteiger partial charge in [0.1, 0.15) is 0 Å². The van der Waals surface area contributed by atoms with Crippen LogP contribution in [0.3, 0.4) is 0 Å². The Balaban J connectivity index is 2.50. The lowest BCUT2D eigenvalue weighted by Crippen LogP contribution is -2.33. The van der Waals surface area contributed by atoms with Gasteiger partial charge in [-0.25, -0.2) is 0 Å². The Labute approximate surface area is 84.1 Å². The van der Waals surface area contributed by atoms with Gasteiger partial charge in [-0.15, -0.1) is 0 Å². The molecule has 12 heavy (non-hydrogen) atoms. The van der Waals surface area contributed by atoms with Crippen LogP contribution in [0, 0.1) is 0 Å². The first-order chi connectivity index (χ1) is 5.74. The topological polar surface area (TPSA) is 29.1 Å². The summed E-state index contributed by atoms with van der Waals surface area (Å²) in [5.74, 6) is 0.00296. The summed E-state index contributed by atoms with van der Waals surface area (Å²) >= 11 is 4.82. The Morgan fingerprint density at radius 2 is 2.58 bits per heavy atom. The summed E-state index contributed by atoms with van der Waals surface area (Å²) in [6.07, 6.45) is 0. The van der Waals surface area contributed by atoms with Crippen LogP contribution in [-0.2, 0) is 0 Å². The number of nitrogens with one attached hydrogen (secondary N) is 1. The Hall–Kier alpha value is -0.350. The van der Waals surface area contributed by atoms with Crippen molar-refractivity contribution in [3.8, 4) is 0 Å². The molecule has 1 N–H and O–H groups in total. The number of thiophene rings is 1. The quantitative estimate of drug-likeness (QED) is 0.817. The van der Waals surface area contributed by atoms with Crippen LogP contribution >= 0.6 is 27.3 Å². The number of hydrogen-bond acceptors (Lipinski definition) is 2. The average molecular weight is 248 g/mol. The highest BCUT2D eigenvalue weighted by molar-refractivity contribution is 9.09. The summed E-state index contributed by atoms with van der Waals surface area (Å²) in [5, 5.41) is 7.37. The largest absolute Gasteiger partial charge is 0.349 e. The third-order valence-corrected chi connectivity index (χ3v) is 3.05. The van der Waals surface area contributed by atoms with Gasteiger partial charge in [0.2, 0.25) is 0 Å². The van der Waals surface area contributed by atoms with Gasteiger partial charge >= 0.3 is 0 Å². The maximum absolute atomic E-state index is 11.3. The normalized spacial score (nSPS) is 12.5. The second-order valence-corrected chi connectivity index (χ2v) is 3.97. The predicted molar refractivity (Wildman–Crippen MR) is 55.0 cm³/mol. The van der Waals surface area contributed by atoms with Crippen LogP contribution in [0.2, 0.25) is 0 Å². The minimum Gasteiger partial charge on any atom is -0.349 e. The van der Waals surface area contributed by atoms with Crippen LogP contribution in [0.4, 0.5) is 0 Å². The Morgan fingerprint density at radius 3 is 3.08 bits per heavy atom. The molecule has 1 unspecified atom stereocenters. The zero-order valence-corrected chi connectivity index (χ0v) is 9.11.